The normalized spacial score (nSPS) is 18.7. The maximum Gasteiger partial charge on any atom is 0.376 e. The first-order chi connectivity index (χ1) is 30.5. The molecule has 2 heterocycles. The number of benzene rings is 1. The summed E-state index contributed by atoms with van der Waals surface area (Å²) in [6.07, 6.45) is 2.04. The molecule has 16 nitrogen and oxygen atoms in total. The van der Waals surface area contributed by atoms with Gasteiger partial charge in [-0.3, -0.25) is 19.3 Å². The third-order valence-corrected chi connectivity index (χ3v) is 13.0. The number of para-hydroxylation sites is 1. The van der Waals surface area contributed by atoms with Gasteiger partial charge in [0.2, 0.25) is 17.7 Å². The zero-order chi connectivity index (χ0) is 48.9. The van der Waals surface area contributed by atoms with Crippen molar-refractivity contribution in [3.8, 4) is 0 Å². The molecular weight excluding hydrogens is 833 g/mol. The van der Waals surface area contributed by atoms with E-state index in [-0.39, 0.29) is 60.6 Å². The van der Waals surface area contributed by atoms with Gasteiger partial charge in [-0.2, -0.15) is 0 Å². The highest BCUT2D eigenvalue weighted by molar-refractivity contribution is 5.90. The number of aliphatic hydroxyl groups excluding tert-OH is 2. The van der Waals surface area contributed by atoms with Gasteiger partial charge < -0.3 is 49.6 Å². The van der Waals surface area contributed by atoms with Crippen molar-refractivity contribution < 1.29 is 53.7 Å². The number of likely N-dealkylation sites (tertiary alicyclic amines) is 1. The Balaban J connectivity index is 1.85. The molecule has 16 heteroatoms. The van der Waals surface area contributed by atoms with Crippen LogP contribution in [0, 0.1) is 23.7 Å². The molecule has 0 spiro atoms. The molecule has 0 unspecified atom stereocenters. The van der Waals surface area contributed by atoms with Gasteiger partial charge in [0.25, 0.3) is 6.04 Å². The first-order valence-electron chi connectivity index (χ1n) is 23.6. The minimum absolute atomic E-state index is 0.0226. The highest BCUT2D eigenvalue weighted by Gasteiger charge is 2.44. The van der Waals surface area contributed by atoms with Crippen LogP contribution in [-0.4, -0.2) is 160 Å². The van der Waals surface area contributed by atoms with Crippen LogP contribution in [-0.2, 0) is 39.8 Å². The topological polar surface area (TPSA) is 208 Å². The molecule has 0 radical (unpaired) electrons. The second-order valence-corrected chi connectivity index (χ2v) is 19.8. The van der Waals surface area contributed by atoms with E-state index in [0.717, 1.165) is 22.9 Å². The van der Waals surface area contributed by atoms with Crippen molar-refractivity contribution in [2.45, 2.75) is 168 Å². The SMILES string of the molecule is CC[C@H](C)[C@@H]([C@@H](CC(=O)N1CCC[C@H]1[C@H](OC)[C@@H](C)C(O)=[NH+][C@@H](Cc1c[nH]c2ccccc12)C(=O)OC(C)(C)C)OC)N(C)C(=O)[C@@H](NC(=O)[C@H](C(C)C)N(C)CCCC(O)O)C(C)C. The lowest BCUT2D eigenvalue weighted by molar-refractivity contribution is -0.502. The molecule has 1 aromatic carbocycles. The van der Waals surface area contributed by atoms with Gasteiger partial charge >= 0.3 is 11.9 Å². The van der Waals surface area contributed by atoms with E-state index in [0.29, 0.717) is 32.4 Å². The number of H-pyrrole nitrogens is 1. The molecule has 1 saturated heterocycles. The molecule has 3 rings (SSSR count). The van der Waals surface area contributed by atoms with Crippen molar-refractivity contribution in [3.05, 3.63) is 36.0 Å². The molecule has 1 fully saturated rings. The van der Waals surface area contributed by atoms with Crippen LogP contribution < -0.4 is 10.3 Å². The van der Waals surface area contributed by atoms with Gasteiger partial charge in [0.05, 0.1) is 36.8 Å². The van der Waals surface area contributed by atoms with Gasteiger partial charge in [0, 0.05) is 51.3 Å². The maximum absolute atomic E-state index is 14.5. The molecule has 3 amide bonds. The van der Waals surface area contributed by atoms with Crippen LogP contribution in [0.4, 0.5) is 0 Å². The predicted octanol–water partition coefficient (Wildman–Crippen LogP) is 3.57. The van der Waals surface area contributed by atoms with Crippen LogP contribution in [0.25, 0.3) is 10.9 Å². The van der Waals surface area contributed by atoms with Crippen molar-refractivity contribution in [1.29, 1.82) is 0 Å². The van der Waals surface area contributed by atoms with Gasteiger partial charge in [-0.1, -0.05) is 66.2 Å². The van der Waals surface area contributed by atoms with Gasteiger partial charge in [-0.05, 0) is 96.4 Å². The van der Waals surface area contributed by atoms with Gasteiger partial charge in [-0.15, -0.1) is 0 Å². The van der Waals surface area contributed by atoms with Gasteiger partial charge in [-0.25, -0.2) is 9.79 Å². The van der Waals surface area contributed by atoms with E-state index in [1.54, 1.807) is 58.8 Å². The van der Waals surface area contributed by atoms with Crippen molar-refractivity contribution in [2.24, 2.45) is 23.7 Å². The number of hydrogen-bond donors (Lipinski definition) is 6. The second kappa shape index (κ2) is 25.2. The molecule has 65 heavy (non-hydrogen) atoms. The number of ether oxygens (including phenoxy) is 3. The average molecular weight is 916 g/mol. The fraction of sp³-hybridized carbons (Fsp3) is 0.735. The van der Waals surface area contributed by atoms with Crippen LogP contribution in [0.1, 0.15) is 113 Å². The first kappa shape index (κ1) is 55.2. The summed E-state index contributed by atoms with van der Waals surface area (Å²) in [6.45, 7) is 19.8. The summed E-state index contributed by atoms with van der Waals surface area (Å²) in [6, 6.07) is 4.54. The lowest BCUT2D eigenvalue weighted by Crippen LogP contribution is -2.84. The highest BCUT2D eigenvalue weighted by Crippen LogP contribution is 2.30. The number of aliphatic hydroxyl groups is 3. The van der Waals surface area contributed by atoms with E-state index in [9.17, 15) is 34.5 Å². The molecule has 0 bridgehead atoms. The van der Waals surface area contributed by atoms with Crippen LogP contribution in [0.3, 0.4) is 0 Å². The molecular formula is C49H83N6O10+. The number of aromatic nitrogens is 1. The summed E-state index contributed by atoms with van der Waals surface area (Å²) in [5.41, 5.74) is 1.06. The minimum atomic E-state index is -1.42. The van der Waals surface area contributed by atoms with Crippen molar-refractivity contribution in [1.82, 2.24) is 25.0 Å². The summed E-state index contributed by atoms with van der Waals surface area (Å²) < 4.78 is 18.0. The van der Waals surface area contributed by atoms with E-state index in [1.165, 1.54) is 0 Å². The molecule has 9 atom stereocenters. The number of likely N-dealkylation sites (N-methyl/N-ethyl adjacent to an activating group) is 2. The molecule has 368 valence electrons. The van der Waals surface area contributed by atoms with E-state index < -0.39 is 66.2 Å². The Morgan fingerprint density at radius 3 is 2.23 bits per heavy atom. The number of nitrogens with one attached hydrogen (secondary N) is 3. The van der Waals surface area contributed by atoms with Crippen LogP contribution in [0.15, 0.2) is 30.5 Å². The zero-order valence-electron chi connectivity index (χ0n) is 41.7. The Morgan fingerprint density at radius 2 is 1.66 bits per heavy atom. The smallest absolute Gasteiger partial charge is 0.376 e. The quantitative estimate of drug-likeness (QED) is 0.0368. The van der Waals surface area contributed by atoms with Crippen LogP contribution in [0.5, 0.6) is 0 Å². The standard InChI is InChI=1S/C49H82N6O10/c1-15-31(6)43(54(12)47(61)41(29(2)3)52-46(60)42(30(4)5)53(11)24-19-23-40(57)58)38(63-13)27-39(56)55-25-18-22-37(55)44(64-14)32(7)45(59)51-36(48(62)65-49(8,9)10)26-33-28-50-35-21-17-16-20-34(33)35/h16-17,20-21,28-32,36-38,40-44,50,57-58H,15,18-19,22-27H2,1-14H3,(H,51,59)(H,52,60)/p+1/t31-,32+,36-,37-,38+,41-,42-,43-,44+/m0/s1. The predicted molar refractivity (Wildman–Crippen MR) is 252 cm³/mol. The van der Waals surface area contributed by atoms with E-state index in [1.807, 2.05) is 84.0 Å². The van der Waals surface area contributed by atoms with Gasteiger partial charge in [0.1, 0.15) is 17.6 Å². The van der Waals surface area contributed by atoms with Crippen LogP contribution >= 0.6 is 0 Å². The molecule has 1 aromatic heterocycles. The number of hydrogen-bond acceptors (Lipinski definition) is 10. The molecule has 0 aliphatic carbocycles. The lowest BCUT2D eigenvalue weighted by Gasteiger charge is -2.41. The third-order valence-electron chi connectivity index (χ3n) is 13.0. The zero-order valence-corrected chi connectivity index (χ0v) is 41.7. The Kier molecular flexibility index (Phi) is 21.4. The van der Waals surface area contributed by atoms with Gasteiger partial charge in [0.15, 0.2) is 6.29 Å². The second-order valence-electron chi connectivity index (χ2n) is 19.8. The van der Waals surface area contributed by atoms with Crippen molar-refractivity contribution in [2.75, 3.05) is 41.4 Å². The third kappa shape index (κ3) is 15.2. The Hall–Kier alpha value is -4.09. The Bertz CT molecular complexity index is 1860. The number of fused-ring (bicyclic) bond motifs is 1. The molecule has 6 N–H and O–H groups in total. The largest absolute Gasteiger partial charge is 0.463 e. The molecule has 1 aliphatic heterocycles. The summed E-state index contributed by atoms with van der Waals surface area (Å²) in [4.78, 5) is 68.2. The fourth-order valence-corrected chi connectivity index (χ4v) is 9.35. The Morgan fingerprint density at radius 1 is 1.00 bits per heavy atom. The van der Waals surface area contributed by atoms with Crippen LogP contribution in [0.2, 0.25) is 0 Å². The molecule has 0 saturated carbocycles. The fourth-order valence-electron chi connectivity index (χ4n) is 9.35. The number of esters is 1. The molecule has 2 aromatic rings. The number of nitrogens with zero attached hydrogens (tertiary/aromatic N) is 3. The summed E-state index contributed by atoms with van der Waals surface area (Å²) >= 11 is 0. The average Bonchev–Trinajstić information content (AvgIpc) is 3.88. The number of rotatable bonds is 25. The highest BCUT2D eigenvalue weighted by atomic mass is 16.6. The molecule has 1 aliphatic rings. The number of carbonyl (C=O) groups is 4. The lowest BCUT2D eigenvalue weighted by atomic mass is 9.89. The Labute approximate surface area is 387 Å². The first-order valence-corrected chi connectivity index (χ1v) is 23.6. The van der Waals surface area contributed by atoms with Crippen molar-refractivity contribution >= 4 is 40.5 Å². The number of amides is 3. The number of carbonyl (C=O) groups excluding carboxylic acids is 4. The maximum atomic E-state index is 14.5. The minimum Gasteiger partial charge on any atom is -0.463 e. The number of aromatic amines is 1. The van der Waals surface area contributed by atoms with E-state index in [2.05, 4.69) is 15.3 Å². The van der Waals surface area contributed by atoms with Crippen molar-refractivity contribution in [3.63, 3.8) is 0 Å². The number of methoxy groups -OCH3 is 2. The summed E-state index contributed by atoms with van der Waals surface area (Å²) in [7, 11) is 6.63. The van der Waals surface area contributed by atoms with E-state index >= 15 is 0 Å². The van der Waals surface area contributed by atoms with E-state index in [4.69, 9.17) is 14.2 Å². The summed E-state index contributed by atoms with van der Waals surface area (Å²) in [5.74, 6) is -2.50. The summed E-state index contributed by atoms with van der Waals surface area (Å²) in [5, 5.41) is 34.4. The monoisotopic (exact) mass is 916 g/mol.